The highest BCUT2D eigenvalue weighted by molar-refractivity contribution is 5.94. The van der Waals surface area contributed by atoms with Crippen molar-refractivity contribution in [3.63, 3.8) is 0 Å². The van der Waals surface area contributed by atoms with Gasteiger partial charge in [-0.2, -0.15) is 0 Å². The van der Waals surface area contributed by atoms with Crippen molar-refractivity contribution in [2.45, 2.75) is 37.8 Å². The minimum atomic E-state index is -0.544. The largest absolute Gasteiger partial charge is 0.484 e. The first-order chi connectivity index (χ1) is 12.6. The molecule has 0 bridgehead atoms. The third-order valence-corrected chi connectivity index (χ3v) is 4.88. The molecule has 0 aromatic heterocycles. The Morgan fingerprint density at radius 3 is 2.62 bits per heavy atom. The Bertz CT molecular complexity index is 615. The molecule has 1 saturated heterocycles. The first-order valence-electron chi connectivity index (χ1n) is 9.13. The number of hydrogen-bond acceptors (Lipinski definition) is 5. The summed E-state index contributed by atoms with van der Waals surface area (Å²) in [6.45, 7) is 1.70. The zero-order chi connectivity index (χ0) is 18.4. The Balaban J connectivity index is 1.52. The van der Waals surface area contributed by atoms with E-state index in [-0.39, 0.29) is 24.7 Å². The molecule has 142 valence electrons. The lowest BCUT2D eigenvalue weighted by molar-refractivity contribution is -0.119. The van der Waals surface area contributed by atoms with E-state index in [4.69, 9.17) is 19.9 Å². The maximum absolute atomic E-state index is 12.5. The van der Waals surface area contributed by atoms with E-state index in [0.717, 1.165) is 13.0 Å². The maximum Gasteiger partial charge on any atom is 0.255 e. The van der Waals surface area contributed by atoms with Gasteiger partial charge in [0.2, 0.25) is 0 Å². The predicted octanol–water partition coefficient (Wildman–Crippen LogP) is 1.25. The van der Waals surface area contributed by atoms with Gasteiger partial charge in [-0.3, -0.25) is 9.59 Å². The Morgan fingerprint density at radius 2 is 1.96 bits per heavy atom. The lowest BCUT2D eigenvalue weighted by atomic mass is 9.86. The molecule has 2 aliphatic rings. The molecule has 0 radical (unpaired) electrons. The van der Waals surface area contributed by atoms with Crippen LogP contribution in [0.3, 0.4) is 0 Å². The van der Waals surface area contributed by atoms with Crippen LogP contribution in [-0.2, 0) is 14.3 Å². The van der Waals surface area contributed by atoms with Crippen molar-refractivity contribution in [1.82, 2.24) is 5.32 Å². The summed E-state index contributed by atoms with van der Waals surface area (Å²) >= 11 is 0. The highest BCUT2D eigenvalue weighted by Gasteiger charge is 2.29. The average Bonchev–Trinajstić information content (AvgIpc) is 2.60. The van der Waals surface area contributed by atoms with Crippen LogP contribution in [-0.4, -0.2) is 50.4 Å². The minimum absolute atomic E-state index is 0.00790. The van der Waals surface area contributed by atoms with Gasteiger partial charge >= 0.3 is 0 Å². The van der Waals surface area contributed by atoms with Crippen molar-refractivity contribution in [2.75, 3.05) is 26.4 Å². The number of nitrogens with one attached hydrogen (secondary N) is 1. The van der Waals surface area contributed by atoms with Gasteiger partial charge in [0.05, 0.1) is 18.8 Å². The van der Waals surface area contributed by atoms with Crippen molar-refractivity contribution < 1.29 is 23.8 Å². The number of ether oxygens (including phenoxy) is 3. The number of benzene rings is 1. The molecule has 2 amide bonds. The summed E-state index contributed by atoms with van der Waals surface area (Å²) in [6.07, 6.45) is 4.56. The average molecular weight is 362 g/mol. The van der Waals surface area contributed by atoms with Crippen molar-refractivity contribution >= 4 is 11.8 Å². The zero-order valence-electron chi connectivity index (χ0n) is 14.8. The van der Waals surface area contributed by atoms with Gasteiger partial charge in [-0.1, -0.05) is 6.42 Å². The van der Waals surface area contributed by atoms with Gasteiger partial charge in [0.25, 0.3) is 11.8 Å². The molecule has 0 spiro atoms. The number of rotatable bonds is 8. The van der Waals surface area contributed by atoms with Gasteiger partial charge in [-0.15, -0.1) is 0 Å². The lowest BCUT2D eigenvalue weighted by Crippen LogP contribution is -2.51. The van der Waals surface area contributed by atoms with Crippen molar-refractivity contribution in [2.24, 2.45) is 11.7 Å². The summed E-state index contributed by atoms with van der Waals surface area (Å²) in [6, 6.07) is 6.43. The molecule has 2 atom stereocenters. The number of amides is 2. The van der Waals surface area contributed by atoms with Crippen LogP contribution < -0.4 is 15.8 Å². The highest BCUT2D eigenvalue weighted by Crippen LogP contribution is 2.27. The molecule has 1 aromatic rings. The van der Waals surface area contributed by atoms with E-state index >= 15 is 0 Å². The van der Waals surface area contributed by atoms with Crippen LogP contribution in [0.15, 0.2) is 24.3 Å². The van der Waals surface area contributed by atoms with Crippen LogP contribution in [0, 0.1) is 5.92 Å². The monoisotopic (exact) mass is 362 g/mol. The molecule has 1 aliphatic carbocycles. The molecular weight excluding hydrogens is 336 g/mol. The van der Waals surface area contributed by atoms with Gasteiger partial charge in [-0.05, 0) is 49.4 Å². The van der Waals surface area contributed by atoms with Crippen LogP contribution in [0.25, 0.3) is 0 Å². The minimum Gasteiger partial charge on any atom is -0.484 e. The van der Waals surface area contributed by atoms with E-state index in [0.29, 0.717) is 30.4 Å². The first kappa shape index (κ1) is 18.7. The molecule has 26 heavy (non-hydrogen) atoms. The Kier molecular flexibility index (Phi) is 6.46. The zero-order valence-corrected chi connectivity index (χ0v) is 14.8. The van der Waals surface area contributed by atoms with Gasteiger partial charge in [0, 0.05) is 18.8 Å². The molecule has 1 aliphatic heterocycles. The molecule has 0 unspecified atom stereocenters. The number of carbonyl (C=O) groups excluding carboxylic acids is 2. The quantitative estimate of drug-likeness (QED) is 0.725. The number of carbonyl (C=O) groups is 2. The van der Waals surface area contributed by atoms with Crippen molar-refractivity contribution in [1.29, 1.82) is 0 Å². The smallest absolute Gasteiger partial charge is 0.255 e. The van der Waals surface area contributed by atoms with E-state index in [9.17, 15) is 9.59 Å². The first-order valence-corrected chi connectivity index (χ1v) is 9.13. The molecule has 1 aromatic carbocycles. The summed E-state index contributed by atoms with van der Waals surface area (Å²) in [5.41, 5.74) is 5.55. The molecule has 7 heteroatoms. The third-order valence-electron chi connectivity index (χ3n) is 4.88. The number of primary amides is 1. The second-order valence-electron chi connectivity index (χ2n) is 6.89. The molecule has 3 N–H and O–H groups in total. The Hall–Kier alpha value is -2.12. The van der Waals surface area contributed by atoms with E-state index < -0.39 is 5.91 Å². The fourth-order valence-corrected chi connectivity index (χ4v) is 3.08. The van der Waals surface area contributed by atoms with Crippen molar-refractivity contribution in [3.05, 3.63) is 29.8 Å². The molecule has 3 rings (SSSR count). The molecule has 2 fully saturated rings. The van der Waals surface area contributed by atoms with Crippen LogP contribution in [0.2, 0.25) is 0 Å². The van der Waals surface area contributed by atoms with E-state index in [1.54, 1.807) is 24.3 Å². The number of hydrogen-bond donors (Lipinski definition) is 2. The summed E-state index contributed by atoms with van der Waals surface area (Å²) < 4.78 is 16.8. The lowest BCUT2D eigenvalue weighted by Gasteiger charge is -2.34. The topological polar surface area (TPSA) is 99.9 Å². The molecule has 7 nitrogen and oxygen atoms in total. The van der Waals surface area contributed by atoms with E-state index in [2.05, 4.69) is 5.32 Å². The van der Waals surface area contributed by atoms with Gasteiger partial charge in [-0.25, -0.2) is 0 Å². The molecular formula is C19H26N2O5. The van der Waals surface area contributed by atoms with Gasteiger partial charge < -0.3 is 25.3 Å². The standard InChI is InChI=1S/C19H26N2O5/c20-18(22)12-25-15-6-4-14(5-7-15)19(23)21-16-11-24-9-8-17(16)26-10-13-2-1-3-13/h4-7,13,16-17H,1-3,8-12H2,(H2,20,22)(H,21,23)/t16-,17+/m1/s1. The summed E-state index contributed by atoms with van der Waals surface area (Å²) in [4.78, 5) is 23.2. The van der Waals surface area contributed by atoms with E-state index in [1.165, 1.54) is 19.3 Å². The third kappa shape index (κ3) is 5.19. The van der Waals surface area contributed by atoms with Gasteiger partial charge in [0.15, 0.2) is 6.61 Å². The second-order valence-corrected chi connectivity index (χ2v) is 6.89. The highest BCUT2D eigenvalue weighted by atomic mass is 16.5. The van der Waals surface area contributed by atoms with Crippen molar-refractivity contribution in [3.8, 4) is 5.75 Å². The fourth-order valence-electron chi connectivity index (χ4n) is 3.08. The van der Waals surface area contributed by atoms with Gasteiger partial charge in [0.1, 0.15) is 5.75 Å². The SMILES string of the molecule is NC(=O)COc1ccc(C(=O)N[C@@H]2COCC[C@@H]2OCC2CCC2)cc1. The Labute approximate surface area is 153 Å². The Morgan fingerprint density at radius 1 is 1.19 bits per heavy atom. The van der Waals surface area contributed by atoms with Crippen LogP contribution >= 0.6 is 0 Å². The maximum atomic E-state index is 12.5. The summed E-state index contributed by atoms with van der Waals surface area (Å²) in [5, 5.41) is 3.01. The fraction of sp³-hybridized carbons (Fsp3) is 0.579. The van der Waals surface area contributed by atoms with E-state index in [1.807, 2.05) is 0 Å². The van der Waals surface area contributed by atoms with Crippen LogP contribution in [0.1, 0.15) is 36.0 Å². The normalized spacial score (nSPS) is 23.1. The summed E-state index contributed by atoms with van der Waals surface area (Å²) in [5.74, 6) is 0.432. The predicted molar refractivity (Wildman–Crippen MR) is 94.9 cm³/mol. The second kappa shape index (κ2) is 9.00. The van der Waals surface area contributed by atoms with Crippen LogP contribution in [0.5, 0.6) is 5.75 Å². The summed E-state index contributed by atoms with van der Waals surface area (Å²) in [7, 11) is 0. The number of nitrogens with two attached hydrogens (primary N) is 1. The molecule has 1 heterocycles. The molecule has 1 saturated carbocycles. The van der Waals surface area contributed by atoms with Crippen LogP contribution in [0.4, 0.5) is 0 Å².